The zero-order valence-electron chi connectivity index (χ0n) is 12.1. The monoisotopic (exact) mass is 285 g/mol. The number of nitrogens with two attached hydrogens (primary N) is 1. The van der Waals surface area contributed by atoms with Crippen LogP contribution in [0.25, 0.3) is 0 Å². The Bertz CT molecular complexity index is 637. The average Bonchev–Trinajstić information content (AvgIpc) is 3.14. The minimum atomic E-state index is -0.0433. The van der Waals surface area contributed by atoms with Crippen molar-refractivity contribution in [1.29, 1.82) is 0 Å². The lowest BCUT2D eigenvalue weighted by Crippen LogP contribution is -2.32. The molecule has 2 aromatic heterocycles. The molecule has 1 fully saturated rings. The van der Waals surface area contributed by atoms with E-state index < -0.39 is 0 Å². The summed E-state index contributed by atoms with van der Waals surface area (Å²) in [5.74, 6) is -0.0433. The summed E-state index contributed by atoms with van der Waals surface area (Å²) in [5.41, 5.74) is 7.94. The van der Waals surface area contributed by atoms with Gasteiger partial charge in [0.15, 0.2) is 0 Å². The van der Waals surface area contributed by atoms with Crippen molar-refractivity contribution in [2.75, 3.05) is 12.3 Å². The van der Waals surface area contributed by atoms with E-state index in [2.05, 4.69) is 10.1 Å². The second-order valence-electron chi connectivity index (χ2n) is 5.21. The molecule has 0 spiro atoms. The number of hydrogen-bond acceptors (Lipinski definition) is 4. The Morgan fingerprint density at radius 3 is 3.05 bits per heavy atom. The number of pyridine rings is 1. The average molecular weight is 285 g/mol. The first-order valence-corrected chi connectivity index (χ1v) is 7.24. The van der Waals surface area contributed by atoms with E-state index in [9.17, 15) is 4.79 Å². The Labute approximate surface area is 123 Å². The van der Waals surface area contributed by atoms with Crippen LogP contribution in [-0.4, -0.2) is 32.1 Å². The van der Waals surface area contributed by atoms with Crippen molar-refractivity contribution in [2.24, 2.45) is 0 Å². The molecule has 6 nitrogen and oxygen atoms in total. The molecule has 0 aliphatic carbocycles. The van der Waals surface area contributed by atoms with Gasteiger partial charge in [-0.25, -0.2) is 0 Å². The number of anilines is 1. The fraction of sp³-hybridized carbons (Fsp3) is 0.400. The summed E-state index contributed by atoms with van der Waals surface area (Å²) < 4.78 is 1.66. The lowest BCUT2D eigenvalue weighted by molar-refractivity contribution is 0.0724. The SMILES string of the molecule is CCn1ncc(N)c1C(=O)N1CCCC1c1cccnc1. The van der Waals surface area contributed by atoms with E-state index in [0.717, 1.165) is 24.9 Å². The van der Waals surface area contributed by atoms with Gasteiger partial charge in [0.25, 0.3) is 5.91 Å². The van der Waals surface area contributed by atoms with E-state index >= 15 is 0 Å². The highest BCUT2D eigenvalue weighted by Gasteiger charge is 2.33. The first-order chi connectivity index (χ1) is 10.2. The number of aryl methyl sites for hydroxylation is 1. The number of nitrogens with zero attached hydrogens (tertiary/aromatic N) is 4. The van der Waals surface area contributed by atoms with Crippen molar-refractivity contribution < 1.29 is 4.79 Å². The van der Waals surface area contributed by atoms with Crippen LogP contribution in [-0.2, 0) is 6.54 Å². The Morgan fingerprint density at radius 1 is 1.48 bits per heavy atom. The molecule has 6 heteroatoms. The molecule has 0 bridgehead atoms. The van der Waals surface area contributed by atoms with Crippen LogP contribution >= 0.6 is 0 Å². The molecule has 1 aliphatic heterocycles. The molecule has 2 N–H and O–H groups in total. The molecule has 110 valence electrons. The van der Waals surface area contributed by atoms with Gasteiger partial charge >= 0.3 is 0 Å². The summed E-state index contributed by atoms with van der Waals surface area (Å²) in [7, 11) is 0. The number of hydrogen-bond donors (Lipinski definition) is 1. The number of rotatable bonds is 3. The highest BCUT2D eigenvalue weighted by Crippen LogP contribution is 2.33. The van der Waals surface area contributed by atoms with Gasteiger partial charge in [-0.05, 0) is 31.4 Å². The van der Waals surface area contributed by atoms with Crippen LogP contribution < -0.4 is 5.73 Å². The van der Waals surface area contributed by atoms with E-state index in [0.29, 0.717) is 17.9 Å². The van der Waals surface area contributed by atoms with E-state index in [1.165, 1.54) is 0 Å². The number of likely N-dealkylation sites (tertiary alicyclic amines) is 1. The molecule has 21 heavy (non-hydrogen) atoms. The highest BCUT2D eigenvalue weighted by atomic mass is 16.2. The number of carbonyl (C=O) groups is 1. The maximum atomic E-state index is 12.9. The van der Waals surface area contributed by atoms with Gasteiger partial charge in [-0.3, -0.25) is 14.5 Å². The molecular formula is C15H19N5O. The zero-order chi connectivity index (χ0) is 14.8. The maximum Gasteiger partial charge on any atom is 0.274 e. The van der Waals surface area contributed by atoms with Crippen LogP contribution in [0.15, 0.2) is 30.7 Å². The van der Waals surface area contributed by atoms with Crippen LogP contribution in [0.4, 0.5) is 5.69 Å². The van der Waals surface area contributed by atoms with Crippen LogP contribution in [0.3, 0.4) is 0 Å². The lowest BCUT2D eigenvalue weighted by atomic mass is 10.1. The van der Waals surface area contributed by atoms with Crippen molar-refractivity contribution >= 4 is 11.6 Å². The fourth-order valence-corrected chi connectivity index (χ4v) is 2.94. The molecule has 1 amide bonds. The van der Waals surface area contributed by atoms with Gasteiger partial charge in [0.1, 0.15) is 5.69 Å². The van der Waals surface area contributed by atoms with Gasteiger partial charge in [-0.2, -0.15) is 5.10 Å². The second-order valence-corrected chi connectivity index (χ2v) is 5.21. The lowest BCUT2D eigenvalue weighted by Gasteiger charge is -2.25. The summed E-state index contributed by atoms with van der Waals surface area (Å²) in [6, 6.07) is 4.00. The van der Waals surface area contributed by atoms with Gasteiger partial charge in [-0.1, -0.05) is 6.07 Å². The van der Waals surface area contributed by atoms with Crippen molar-refractivity contribution in [3.8, 4) is 0 Å². The van der Waals surface area contributed by atoms with Gasteiger partial charge in [-0.15, -0.1) is 0 Å². The molecule has 1 aliphatic rings. The molecular weight excluding hydrogens is 266 g/mol. The maximum absolute atomic E-state index is 12.9. The Hall–Kier alpha value is -2.37. The topological polar surface area (TPSA) is 77.0 Å². The summed E-state index contributed by atoms with van der Waals surface area (Å²) in [4.78, 5) is 18.9. The van der Waals surface area contributed by atoms with Crippen LogP contribution in [0.1, 0.15) is 41.9 Å². The van der Waals surface area contributed by atoms with Gasteiger partial charge in [0.2, 0.25) is 0 Å². The fourth-order valence-electron chi connectivity index (χ4n) is 2.94. The molecule has 0 radical (unpaired) electrons. The van der Waals surface area contributed by atoms with E-state index in [1.54, 1.807) is 17.1 Å². The molecule has 3 heterocycles. The number of nitrogen functional groups attached to an aromatic ring is 1. The third kappa shape index (κ3) is 2.37. The van der Waals surface area contributed by atoms with Crippen LogP contribution in [0, 0.1) is 0 Å². The first kappa shape index (κ1) is 13.6. The minimum Gasteiger partial charge on any atom is -0.396 e. The van der Waals surface area contributed by atoms with Crippen molar-refractivity contribution in [1.82, 2.24) is 19.7 Å². The van der Waals surface area contributed by atoms with E-state index in [1.807, 2.05) is 30.2 Å². The van der Waals surface area contributed by atoms with E-state index in [4.69, 9.17) is 5.73 Å². The van der Waals surface area contributed by atoms with Gasteiger partial charge < -0.3 is 10.6 Å². The molecule has 1 unspecified atom stereocenters. The quantitative estimate of drug-likeness (QED) is 0.933. The zero-order valence-corrected chi connectivity index (χ0v) is 12.1. The molecule has 3 rings (SSSR count). The largest absolute Gasteiger partial charge is 0.396 e. The summed E-state index contributed by atoms with van der Waals surface area (Å²) >= 11 is 0. The van der Waals surface area contributed by atoms with Crippen molar-refractivity contribution in [3.63, 3.8) is 0 Å². The third-order valence-electron chi connectivity index (χ3n) is 3.95. The summed E-state index contributed by atoms with van der Waals surface area (Å²) in [6.45, 7) is 3.32. The Balaban J connectivity index is 1.92. The Morgan fingerprint density at radius 2 is 2.33 bits per heavy atom. The van der Waals surface area contributed by atoms with E-state index in [-0.39, 0.29) is 11.9 Å². The summed E-state index contributed by atoms with van der Waals surface area (Å²) in [5, 5.41) is 4.16. The smallest absolute Gasteiger partial charge is 0.274 e. The standard InChI is InChI=1S/C15H19N5O/c1-2-20-14(12(16)10-18-20)15(21)19-8-4-6-13(19)11-5-3-7-17-9-11/h3,5,7,9-10,13H,2,4,6,8,16H2,1H3. The first-order valence-electron chi connectivity index (χ1n) is 7.24. The molecule has 2 aromatic rings. The normalized spacial score (nSPS) is 18.1. The minimum absolute atomic E-state index is 0.0433. The molecule has 1 saturated heterocycles. The van der Waals surface area contributed by atoms with Gasteiger partial charge in [0, 0.05) is 25.5 Å². The van der Waals surface area contributed by atoms with Crippen molar-refractivity contribution in [3.05, 3.63) is 42.0 Å². The third-order valence-corrected chi connectivity index (χ3v) is 3.95. The predicted octanol–water partition coefficient (Wildman–Crippen LogP) is 1.86. The van der Waals surface area contributed by atoms with Crippen LogP contribution in [0.5, 0.6) is 0 Å². The highest BCUT2D eigenvalue weighted by molar-refractivity contribution is 5.97. The second kappa shape index (κ2) is 5.55. The van der Waals surface area contributed by atoms with Crippen LogP contribution in [0.2, 0.25) is 0 Å². The molecule has 1 atom stereocenters. The predicted molar refractivity (Wildman–Crippen MR) is 79.6 cm³/mol. The molecule has 0 saturated carbocycles. The number of carbonyl (C=O) groups excluding carboxylic acids is 1. The summed E-state index contributed by atoms with van der Waals surface area (Å²) in [6.07, 6.45) is 7.07. The Kier molecular flexibility index (Phi) is 3.60. The van der Waals surface area contributed by atoms with Gasteiger partial charge in [0.05, 0.1) is 17.9 Å². The number of aromatic nitrogens is 3. The molecule has 0 aromatic carbocycles. The number of amides is 1. The van der Waals surface area contributed by atoms with Crippen molar-refractivity contribution in [2.45, 2.75) is 32.4 Å².